The summed E-state index contributed by atoms with van der Waals surface area (Å²) in [6.07, 6.45) is 0. The minimum atomic E-state index is -1.35. The summed E-state index contributed by atoms with van der Waals surface area (Å²) >= 11 is 3.20. The van der Waals surface area contributed by atoms with Gasteiger partial charge in [-0.25, -0.2) is 4.79 Å². The zero-order valence-corrected chi connectivity index (χ0v) is 11.1. The molecule has 0 radical (unpaired) electrons. The van der Waals surface area contributed by atoms with Crippen molar-refractivity contribution in [2.75, 3.05) is 13.7 Å². The van der Waals surface area contributed by atoms with Crippen molar-refractivity contribution in [3.05, 3.63) is 28.2 Å². The van der Waals surface area contributed by atoms with Crippen molar-refractivity contribution in [3.8, 4) is 5.75 Å². The van der Waals surface area contributed by atoms with Crippen LogP contribution in [0.1, 0.15) is 10.4 Å². The Bertz CT molecular complexity index is 463. The van der Waals surface area contributed by atoms with Crippen molar-refractivity contribution in [1.29, 1.82) is 0 Å². The van der Waals surface area contributed by atoms with E-state index in [1.54, 1.807) is 12.1 Å². The molecular formula is C11H12BrNO5. The van der Waals surface area contributed by atoms with E-state index >= 15 is 0 Å². The molecule has 0 aliphatic carbocycles. The molecule has 1 atom stereocenters. The number of ether oxygens (including phenoxy) is 1. The molecule has 0 saturated heterocycles. The third kappa shape index (κ3) is 3.44. The number of aliphatic hydroxyl groups is 1. The molecule has 18 heavy (non-hydrogen) atoms. The summed E-state index contributed by atoms with van der Waals surface area (Å²) in [5, 5.41) is 19.8. The predicted octanol–water partition coefficient (Wildman–Crippen LogP) is 0.633. The first kappa shape index (κ1) is 14.5. The van der Waals surface area contributed by atoms with Gasteiger partial charge < -0.3 is 20.3 Å². The van der Waals surface area contributed by atoms with Gasteiger partial charge in [0.05, 0.1) is 19.3 Å². The van der Waals surface area contributed by atoms with Crippen LogP contribution in [0.4, 0.5) is 0 Å². The van der Waals surface area contributed by atoms with Gasteiger partial charge in [0, 0.05) is 4.47 Å². The number of halogens is 1. The van der Waals surface area contributed by atoms with Crippen molar-refractivity contribution < 1.29 is 24.5 Å². The zero-order valence-electron chi connectivity index (χ0n) is 9.51. The lowest BCUT2D eigenvalue weighted by Crippen LogP contribution is -2.43. The third-order valence-electron chi connectivity index (χ3n) is 2.19. The fourth-order valence-electron chi connectivity index (χ4n) is 1.28. The Morgan fingerprint density at radius 2 is 2.17 bits per heavy atom. The zero-order chi connectivity index (χ0) is 13.7. The number of carboxylic acids is 1. The van der Waals surface area contributed by atoms with Gasteiger partial charge in [-0.2, -0.15) is 0 Å². The van der Waals surface area contributed by atoms with E-state index in [0.29, 0.717) is 10.2 Å². The van der Waals surface area contributed by atoms with E-state index in [4.69, 9.17) is 14.9 Å². The molecule has 7 heteroatoms. The lowest BCUT2D eigenvalue weighted by molar-refractivity contribution is -0.140. The van der Waals surface area contributed by atoms with Crippen LogP contribution in [-0.2, 0) is 4.79 Å². The normalized spacial score (nSPS) is 11.7. The van der Waals surface area contributed by atoms with E-state index in [1.165, 1.54) is 13.2 Å². The van der Waals surface area contributed by atoms with E-state index in [-0.39, 0.29) is 5.56 Å². The topological polar surface area (TPSA) is 95.9 Å². The first-order chi connectivity index (χ1) is 8.49. The maximum Gasteiger partial charge on any atom is 0.328 e. The fourth-order valence-corrected chi connectivity index (χ4v) is 1.64. The molecule has 6 nitrogen and oxygen atoms in total. The van der Waals surface area contributed by atoms with E-state index in [2.05, 4.69) is 21.2 Å². The van der Waals surface area contributed by atoms with E-state index in [1.807, 2.05) is 0 Å². The van der Waals surface area contributed by atoms with Gasteiger partial charge in [-0.3, -0.25) is 4.79 Å². The molecule has 0 bridgehead atoms. The van der Waals surface area contributed by atoms with Gasteiger partial charge in [0.2, 0.25) is 0 Å². The first-order valence-electron chi connectivity index (χ1n) is 4.97. The van der Waals surface area contributed by atoms with E-state index < -0.39 is 24.5 Å². The number of aliphatic carboxylic acids is 1. The molecule has 0 aliphatic rings. The minimum Gasteiger partial charge on any atom is -0.496 e. The summed E-state index contributed by atoms with van der Waals surface area (Å²) in [6, 6.07) is 3.43. The van der Waals surface area contributed by atoms with Crippen molar-refractivity contribution in [2.24, 2.45) is 0 Å². The number of carbonyl (C=O) groups excluding carboxylic acids is 1. The number of methoxy groups -OCH3 is 1. The Hall–Kier alpha value is -1.60. The van der Waals surface area contributed by atoms with Crippen molar-refractivity contribution in [2.45, 2.75) is 6.04 Å². The molecule has 0 spiro atoms. The van der Waals surface area contributed by atoms with Crippen LogP contribution in [-0.4, -0.2) is 41.8 Å². The van der Waals surface area contributed by atoms with Gasteiger partial charge in [-0.05, 0) is 18.2 Å². The molecule has 1 amide bonds. The highest BCUT2D eigenvalue weighted by atomic mass is 79.9. The van der Waals surface area contributed by atoms with Crippen LogP contribution in [0.25, 0.3) is 0 Å². The monoisotopic (exact) mass is 317 g/mol. The fraction of sp³-hybridized carbons (Fsp3) is 0.273. The Balaban J connectivity index is 2.96. The summed E-state index contributed by atoms with van der Waals surface area (Å²) in [4.78, 5) is 22.6. The summed E-state index contributed by atoms with van der Waals surface area (Å²) in [5.41, 5.74) is 0.187. The van der Waals surface area contributed by atoms with Gasteiger partial charge in [-0.15, -0.1) is 0 Å². The van der Waals surface area contributed by atoms with Crippen molar-refractivity contribution in [3.63, 3.8) is 0 Å². The average Bonchev–Trinajstić information content (AvgIpc) is 2.35. The summed E-state index contributed by atoms with van der Waals surface area (Å²) in [6.45, 7) is -0.683. The average molecular weight is 318 g/mol. The molecule has 0 saturated carbocycles. The number of nitrogens with one attached hydrogen (secondary N) is 1. The Morgan fingerprint density at radius 1 is 1.50 bits per heavy atom. The van der Waals surface area contributed by atoms with Crippen LogP contribution >= 0.6 is 15.9 Å². The number of hydrogen-bond acceptors (Lipinski definition) is 4. The molecule has 1 aromatic rings. The van der Waals surface area contributed by atoms with Crippen LogP contribution < -0.4 is 10.1 Å². The van der Waals surface area contributed by atoms with Gasteiger partial charge >= 0.3 is 5.97 Å². The predicted molar refractivity (Wildman–Crippen MR) is 66.7 cm³/mol. The summed E-state index contributed by atoms with van der Waals surface area (Å²) < 4.78 is 5.66. The lowest BCUT2D eigenvalue weighted by atomic mass is 10.1. The van der Waals surface area contributed by atoms with Gasteiger partial charge in [0.15, 0.2) is 6.04 Å². The molecule has 0 aliphatic heterocycles. The highest BCUT2D eigenvalue weighted by Crippen LogP contribution is 2.22. The third-order valence-corrected chi connectivity index (χ3v) is 2.69. The second kappa shape index (κ2) is 6.36. The number of amides is 1. The smallest absolute Gasteiger partial charge is 0.328 e. The highest BCUT2D eigenvalue weighted by molar-refractivity contribution is 9.10. The van der Waals surface area contributed by atoms with E-state index in [9.17, 15) is 9.59 Å². The number of hydrogen-bond donors (Lipinski definition) is 3. The molecule has 1 rings (SSSR count). The molecule has 0 unspecified atom stereocenters. The molecule has 0 fully saturated rings. The van der Waals surface area contributed by atoms with Gasteiger partial charge in [-0.1, -0.05) is 15.9 Å². The van der Waals surface area contributed by atoms with Crippen LogP contribution in [0, 0.1) is 0 Å². The SMILES string of the molecule is COc1ccc(Br)cc1C(=O)N[C@H](CO)C(=O)O. The number of carboxylic acid groups (broad SMARTS) is 1. The molecule has 98 valence electrons. The maximum atomic E-state index is 11.9. The molecule has 0 aromatic heterocycles. The van der Waals surface area contributed by atoms with Crippen LogP contribution in [0.15, 0.2) is 22.7 Å². The van der Waals surface area contributed by atoms with Crippen LogP contribution in [0.3, 0.4) is 0 Å². The van der Waals surface area contributed by atoms with Crippen LogP contribution in [0.5, 0.6) is 5.75 Å². The summed E-state index contributed by atoms with van der Waals surface area (Å²) in [7, 11) is 1.40. The second-order valence-corrected chi connectivity index (χ2v) is 4.31. The highest BCUT2D eigenvalue weighted by Gasteiger charge is 2.21. The number of rotatable bonds is 5. The maximum absolute atomic E-state index is 11.9. The van der Waals surface area contributed by atoms with E-state index in [0.717, 1.165) is 0 Å². The molecule has 3 N–H and O–H groups in total. The first-order valence-corrected chi connectivity index (χ1v) is 5.77. The largest absolute Gasteiger partial charge is 0.496 e. The lowest BCUT2D eigenvalue weighted by Gasteiger charge is -2.13. The van der Waals surface area contributed by atoms with Gasteiger partial charge in [0.1, 0.15) is 5.75 Å². The van der Waals surface area contributed by atoms with Gasteiger partial charge in [0.25, 0.3) is 5.91 Å². The number of aliphatic hydroxyl groups excluding tert-OH is 1. The standard InChI is InChI=1S/C11H12BrNO5/c1-18-9-3-2-6(12)4-7(9)10(15)13-8(5-14)11(16)17/h2-4,8,14H,5H2,1H3,(H,13,15)(H,16,17)/t8-/m1/s1. The van der Waals surface area contributed by atoms with Crippen LogP contribution in [0.2, 0.25) is 0 Å². The molecule has 1 aromatic carbocycles. The Labute approximate surface area is 112 Å². The second-order valence-electron chi connectivity index (χ2n) is 3.39. The summed E-state index contributed by atoms with van der Waals surface area (Å²) in [5.74, 6) is -1.62. The molecular weight excluding hydrogens is 306 g/mol. The van der Waals surface area contributed by atoms with Crippen molar-refractivity contribution in [1.82, 2.24) is 5.32 Å². The molecule has 0 heterocycles. The Kier molecular flexibility index (Phi) is 5.11. The Morgan fingerprint density at radius 3 is 2.67 bits per heavy atom. The minimum absolute atomic E-state index is 0.187. The van der Waals surface area contributed by atoms with Crippen molar-refractivity contribution >= 4 is 27.8 Å². The quantitative estimate of drug-likeness (QED) is 0.740. The number of carbonyl (C=O) groups is 2. The number of benzene rings is 1.